The number of nitrogens with one attached hydrogen (secondary N) is 2. The first-order valence-electron chi connectivity index (χ1n) is 10.2. The Kier molecular flexibility index (Phi) is 7.93. The highest BCUT2D eigenvalue weighted by atomic mass is 16.5. The number of nitrogens with zero attached hydrogens (tertiary/aromatic N) is 2. The quantitative estimate of drug-likeness (QED) is 0.538. The first kappa shape index (κ1) is 21.9. The number of benzene rings is 2. The van der Waals surface area contributed by atoms with Crippen molar-refractivity contribution in [3.05, 3.63) is 53.6 Å². The van der Waals surface area contributed by atoms with Crippen LogP contribution in [-0.2, 0) is 4.74 Å². The van der Waals surface area contributed by atoms with Crippen LogP contribution in [0, 0.1) is 6.92 Å². The summed E-state index contributed by atoms with van der Waals surface area (Å²) in [7, 11) is 5.03. The van der Waals surface area contributed by atoms with E-state index in [1.807, 2.05) is 18.2 Å². The van der Waals surface area contributed by atoms with Crippen LogP contribution in [-0.4, -0.2) is 65.0 Å². The second kappa shape index (κ2) is 10.8. The monoisotopic (exact) mass is 412 g/mol. The van der Waals surface area contributed by atoms with Crippen molar-refractivity contribution in [2.45, 2.75) is 13.0 Å². The van der Waals surface area contributed by atoms with Crippen LogP contribution in [0.5, 0.6) is 11.5 Å². The fourth-order valence-electron chi connectivity index (χ4n) is 3.65. The van der Waals surface area contributed by atoms with E-state index < -0.39 is 0 Å². The first-order valence-corrected chi connectivity index (χ1v) is 10.2. The lowest BCUT2D eigenvalue weighted by Crippen LogP contribution is -2.44. The van der Waals surface area contributed by atoms with Crippen LogP contribution < -0.4 is 20.1 Å². The van der Waals surface area contributed by atoms with Crippen molar-refractivity contribution in [3.8, 4) is 11.5 Å². The van der Waals surface area contributed by atoms with Crippen LogP contribution in [0.3, 0.4) is 0 Å². The third kappa shape index (κ3) is 5.64. The number of methoxy groups -OCH3 is 2. The van der Waals surface area contributed by atoms with Crippen LogP contribution in [0.4, 0.5) is 5.69 Å². The molecule has 1 heterocycles. The van der Waals surface area contributed by atoms with Gasteiger partial charge in [-0.25, -0.2) is 0 Å². The van der Waals surface area contributed by atoms with Crippen LogP contribution in [0.1, 0.15) is 17.2 Å². The van der Waals surface area contributed by atoms with Gasteiger partial charge in [0.05, 0.1) is 33.5 Å². The van der Waals surface area contributed by atoms with E-state index in [0.717, 1.165) is 38.5 Å². The molecule has 2 aromatic carbocycles. The fraction of sp³-hybridized carbons (Fsp3) is 0.435. The molecule has 0 bridgehead atoms. The minimum atomic E-state index is 0.234. The smallest absolute Gasteiger partial charge is 0.195 e. The topological polar surface area (TPSA) is 67.4 Å². The summed E-state index contributed by atoms with van der Waals surface area (Å²) in [6, 6.07) is 14.6. The number of aliphatic imine (C=N–C) groups is 1. The largest absolute Gasteiger partial charge is 0.493 e. The van der Waals surface area contributed by atoms with E-state index >= 15 is 0 Å². The van der Waals surface area contributed by atoms with E-state index in [2.05, 4.69) is 51.7 Å². The molecule has 3 rings (SSSR count). The number of aryl methyl sites for hydroxylation is 1. The van der Waals surface area contributed by atoms with Gasteiger partial charge < -0.3 is 24.8 Å². The molecule has 2 aromatic rings. The van der Waals surface area contributed by atoms with Crippen molar-refractivity contribution >= 4 is 11.6 Å². The summed E-state index contributed by atoms with van der Waals surface area (Å²) >= 11 is 0. The van der Waals surface area contributed by atoms with Gasteiger partial charge in [-0.05, 0) is 24.6 Å². The van der Waals surface area contributed by atoms with Crippen LogP contribution in [0.2, 0.25) is 0 Å². The Balaban J connectivity index is 1.71. The SMILES string of the molecule is CN=C(NCC(c1cccc(C)c1)N1CCOCC1)Nc1ccc(OC)c(OC)c1. The van der Waals surface area contributed by atoms with Gasteiger partial charge in [0, 0.05) is 38.4 Å². The van der Waals surface area contributed by atoms with E-state index in [1.165, 1.54) is 11.1 Å². The van der Waals surface area contributed by atoms with Gasteiger partial charge in [0.1, 0.15) is 0 Å². The van der Waals surface area contributed by atoms with Gasteiger partial charge in [-0.3, -0.25) is 9.89 Å². The summed E-state index contributed by atoms with van der Waals surface area (Å²) in [6.07, 6.45) is 0. The minimum absolute atomic E-state index is 0.234. The Morgan fingerprint density at radius 3 is 2.53 bits per heavy atom. The molecule has 1 saturated heterocycles. The van der Waals surface area contributed by atoms with Crippen LogP contribution in [0.25, 0.3) is 0 Å². The lowest BCUT2D eigenvalue weighted by molar-refractivity contribution is 0.0170. The van der Waals surface area contributed by atoms with E-state index in [-0.39, 0.29) is 6.04 Å². The maximum absolute atomic E-state index is 5.56. The summed E-state index contributed by atoms with van der Waals surface area (Å²) in [5, 5.41) is 6.82. The van der Waals surface area contributed by atoms with Crippen molar-refractivity contribution in [2.24, 2.45) is 4.99 Å². The van der Waals surface area contributed by atoms with Gasteiger partial charge in [-0.2, -0.15) is 0 Å². The third-order valence-electron chi connectivity index (χ3n) is 5.25. The molecule has 30 heavy (non-hydrogen) atoms. The molecule has 1 fully saturated rings. The Morgan fingerprint density at radius 1 is 1.10 bits per heavy atom. The second-order valence-corrected chi connectivity index (χ2v) is 7.23. The molecule has 1 aliphatic rings. The normalized spacial score (nSPS) is 16.1. The molecule has 7 heteroatoms. The number of anilines is 1. The molecule has 1 atom stereocenters. The summed E-state index contributed by atoms with van der Waals surface area (Å²) < 4.78 is 16.3. The predicted octanol–water partition coefficient (Wildman–Crippen LogP) is 3.07. The number of hydrogen-bond acceptors (Lipinski definition) is 5. The number of ether oxygens (including phenoxy) is 3. The van der Waals surface area contributed by atoms with E-state index in [0.29, 0.717) is 17.5 Å². The predicted molar refractivity (Wildman–Crippen MR) is 121 cm³/mol. The first-order chi connectivity index (χ1) is 14.6. The zero-order valence-corrected chi connectivity index (χ0v) is 18.3. The average molecular weight is 413 g/mol. The number of morpholine rings is 1. The Morgan fingerprint density at radius 2 is 1.87 bits per heavy atom. The lowest BCUT2D eigenvalue weighted by Gasteiger charge is -2.35. The maximum atomic E-state index is 5.56. The molecular weight excluding hydrogens is 380 g/mol. The lowest BCUT2D eigenvalue weighted by atomic mass is 10.0. The number of hydrogen-bond donors (Lipinski definition) is 2. The van der Waals surface area contributed by atoms with Gasteiger partial charge in [0.15, 0.2) is 17.5 Å². The molecule has 7 nitrogen and oxygen atoms in total. The van der Waals surface area contributed by atoms with Crippen molar-refractivity contribution < 1.29 is 14.2 Å². The summed E-state index contributed by atoms with van der Waals surface area (Å²) in [5.41, 5.74) is 3.43. The molecule has 0 amide bonds. The highest BCUT2D eigenvalue weighted by Crippen LogP contribution is 2.29. The van der Waals surface area contributed by atoms with E-state index in [4.69, 9.17) is 14.2 Å². The molecular formula is C23H32N4O3. The molecule has 162 valence electrons. The van der Waals surface area contributed by atoms with Crippen LogP contribution >= 0.6 is 0 Å². The standard InChI is InChI=1S/C23H32N4O3/c1-17-6-5-7-18(14-17)20(27-10-12-30-13-11-27)16-25-23(24-2)26-19-8-9-21(28-3)22(15-19)29-4/h5-9,14-15,20H,10-13,16H2,1-4H3,(H2,24,25,26). The van der Waals surface area contributed by atoms with Gasteiger partial charge in [0.2, 0.25) is 0 Å². The fourth-order valence-corrected chi connectivity index (χ4v) is 3.65. The molecule has 1 aliphatic heterocycles. The summed E-state index contributed by atoms with van der Waals surface area (Å²) in [6.45, 7) is 6.23. The van der Waals surface area contributed by atoms with Crippen LogP contribution in [0.15, 0.2) is 47.5 Å². The molecule has 0 saturated carbocycles. The van der Waals surface area contributed by atoms with Crippen molar-refractivity contribution in [1.82, 2.24) is 10.2 Å². The van der Waals surface area contributed by atoms with Crippen molar-refractivity contribution in [2.75, 3.05) is 59.4 Å². The third-order valence-corrected chi connectivity index (χ3v) is 5.25. The van der Waals surface area contributed by atoms with E-state index in [1.54, 1.807) is 21.3 Å². The highest BCUT2D eigenvalue weighted by molar-refractivity contribution is 5.93. The molecule has 0 aliphatic carbocycles. The minimum Gasteiger partial charge on any atom is -0.493 e. The Labute approximate surface area is 179 Å². The molecule has 1 unspecified atom stereocenters. The average Bonchev–Trinajstić information content (AvgIpc) is 2.79. The molecule has 2 N–H and O–H groups in total. The Bertz CT molecular complexity index is 850. The van der Waals surface area contributed by atoms with Gasteiger partial charge in [-0.15, -0.1) is 0 Å². The maximum Gasteiger partial charge on any atom is 0.195 e. The highest BCUT2D eigenvalue weighted by Gasteiger charge is 2.23. The van der Waals surface area contributed by atoms with E-state index in [9.17, 15) is 0 Å². The molecule has 0 aromatic heterocycles. The van der Waals surface area contributed by atoms with Crippen molar-refractivity contribution in [3.63, 3.8) is 0 Å². The summed E-state index contributed by atoms with van der Waals surface area (Å²) in [4.78, 5) is 6.86. The van der Waals surface area contributed by atoms with Crippen molar-refractivity contribution in [1.29, 1.82) is 0 Å². The number of rotatable bonds is 7. The Hall–Kier alpha value is -2.77. The van der Waals surface area contributed by atoms with Gasteiger partial charge in [0.25, 0.3) is 0 Å². The zero-order chi connectivity index (χ0) is 21.3. The molecule has 0 radical (unpaired) electrons. The summed E-state index contributed by atoms with van der Waals surface area (Å²) in [5.74, 6) is 2.06. The molecule has 0 spiro atoms. The number of guanidine groups is 1. The van der Waals surface area contributed by atoms with Gasteiger partial charge in [-0.1, -0.05) is 29.8 Å². The second-order valence-electron chi connectivity index (χ2n) is 7.23. The van der Waals surface area contributed by atoms with Gasteiger partial charge >= 0.3 is 0 Å². The zero-order valence-electron chi connectivity index (χ0n) is 18.3.